The van der Waals surface area contributed by atoms with Crippen LogP contribution in [0.5, 0.6) is 0 Å². The van der Waals surface area contributed by atoms with E-state index in [-0.39, 0.29) is 22.3 Å². The average molecular weight is 377 g/mol. The summed E-state index contributed by atoms with van der Waals surface area (Å²) < 4.78 is 17.8. The Morgan fingerprint density at radius 3 is 2.18 bits per heavy atom. The second kappa shape index (κ2) is 8.26. The Kier molecular flexibility index (Phi) is 5.60. The van der Waals surface area contributed by atoms with E-state index < -0.39 is 23.5 Å². The summed E-state index contributed by atoms with van der Waals surface area (Å²) in [6.07, 6.45) is 0. The molecule has 3 aromatic carbocycles. The molecule has 0 unspecified atom stereocenters. The van der Waals surface area contributed by atoms with Gasteiger partial charge in [0.1, 0.15) is 5.82 Å². The van der Waals surface area contributed by atoms with Crippen LogP contribution in [0.15, 0.2) is 72.8 Å². The number of carbonyl (C=O) groups is 3. The zero-order chi connectivity index (χ0) is 20.1. The van der Waals surface area contributed by atoms with Gasteiger partial charge in [-0.25, -0.2) is 9.18 Å². The first-order chi connectivity index (χ1) is 13.5. The molecule has 0 heterocycles. The molecule has 1 N–H and O–H groups in total. The van der Waals surface area contributed by atoms with Crippen molar-refractivity contribution in [3.8, 4) is 0 Å². The minimum Gasteiger partial charge on any atom is -0.465 e. The lowest BCUT2D eigenvalue weighted by Gasteiger charge is -2.10. The van der Waals surface area contributed by atoms with E-state index in [4.69, 9.17) is 0 Å². The fourth-order valence-electron chi connectivity index (χ4n) is 2.68. The van der Waals surface area contributed by atoms with Gasteiger partial charge >= 0.3 is 5.97 Å². The van der Waals surface area contributed by atoms with E-state index in [1.165, 1.54) is 49.6 Å². The lowest BCUT2D eigenvalue weighted by atomic mass is 9.98. The molecule has 1 amide bonds. The van der Waals surface area contributed by atoms with E-state index in [2.05, 4.69) is 10.1 Å². The SMILES string of the molecule is COC(=O)c1cccc(NC(=O)c2ccccc2C(=O)c2ccc(F)cc2)c1. The molecule has 28 heavy (non-hydrogen) atoms. The molecule has 3 rings (SSSR count). The molecule has 0 aliphatic heterocycles. The Morgan fingerprint density at radius 1 is 0.821 bits per heavy atom. The molecular weight excluding hydrogens is 361 g/mol. The molecule has 0 bridgehead atoms. The van der Waals surface area contributed by atoms with Gasteiger partial charge in [0.2, 0.25) is 0 Å². The Balaban J connectivity index is 1.88. The van der Waals surface area contributed by atoms with Crippen LogP contribution in [0.4, 0.5) is 10.1 Å². The van der Waals surface area contributed by atoms with E-state index in [9.17, 15) is 18.8 Å². The summed E-state index contributed by atoms with van der Waals surface area (Å²) >= 11 is 0. The number of methoxy groups -OCH3 is 1. The molecule has 0 saturated carbocycles. The highest BCUT2D eigenvalue weighted by Crippen LogP contribution is 2.18. The zero-order valence-corrected chi connectivity index (χ0v) is 14.9. The van der Waals surface area contributed by atoms with Crippen molar-refractivity contribution in [2.24, 2.45) is 0 Å². The van der Waals surface area contributed by atoms with Gasteiger partial charge in [-0.15, -0.1) is 0 Å². The molecule has 5 nitrogen and oxygen atoms in total. The highest BCUT2D eigenvalue weighted by molar-refractivity contribution is 6.17. The Hall–Kier alpha value is -3.80. The number of benzene rings is 3. The minimum atomic E-state index is -0.525. The summed E-state index contributed by atoms with van der Waals surface area (Å²) in [6.45, 7) is 0. The molecule has 0 fully saturated rings. The monoisotopic (exact) mass is 377 g/mol. The number of esters is 1. The van der Waals surface area contributed by atoms with E-state index >= 15 is 0 Å². The summed E-state index contributed by atoms with van der Waals surface area (Å²) in [5.74, 6) is -1.88. The summed E-state index contributed by atoms with van der Waals surface area (Å²) in [5, 5.41) is 2.67. The highest BCUT2D eigenvalue weighted by atomic mass is 19.1. The van der Waals surface area contributed by atoms with Gasteiger partial charge in [-0.1, -0.05) is 24.3 Å². The van der Waals surface area contributed by atoms with Gasteiger partial charge in [0.05, 0.1) is 18.2 Å². The number of halogens is 1. The minimum absolute atomic E-state index is 0.167. The molecule has 0 aromatic heterocycles. The van der Waals surface area contributed by atoms with E-state index in [1.54, 1.807) is 30.3 Å². The third-order valence-electron chi connectivity index (χ3n) is 4.06. The van der Waals surface area contributed by atoms with E-state index in [1.807, 2.05) is 0 Å². The van der Waals surface area contributed by atoms with Crippen molar-refractivity contribution in [2.75, 3.05) is 12.4 Å². The van der Waals surface area contributed by atoms with Gasteiger partial charge in [0.25, 0.3) is 5.91 Å². The molecular formula is C22H16FNO4. The van der Waals surface area contributed by atoms with Gasteiger partial charge in [-0.05, 0) is 48.5 Å². The van der Waals surface area contributed by atoms with E-state index in [0.717, 1.165) is 0 Å². The molecule has 140 valence electrons. The number of anilines is 1. The van der Waals surface area contributed by atoms with Gasteiger partial charge < -0.3 is 10.1 Å². The van der Waals surface area contributed by atoms with Gasteiger partial charge in [-0.3, -0.25) is 9.59 Å². The number of carbonyl (C=O) groups excluding carboxylic acids is 3. The van der Waals surface area contributed by atoms with Crippen molar-refractivity contribution in [1.29, 1.82) is 0 Å². The van der Waals surface area contributed by atoms with Crippen molar-refractivity contribution < 1.29 is 23.5 Å². The van der Waals surface area contributed by atoms with E-state index in [0.29, 0.717) is 5.69 Å². The summed E-state index contributed by atoms with van der Waals surface area (Å²) in [6, 6.07) is 17.7. The number of nitrogens with one attached hydrogen (secondary N) is 1. The molecule has 0 aliphatic rings. The summed E-state index contributed by atoms with van der Waals surface area (Å²) in [5.41, 5.74) is 1.30. The lowest BCUT2D eigenvalue weighted by Crippen LogP contribution is -2.17. The predicted molar refractivity (Wildman–Crippen MR) is 102 cm³/mol. The van der Waals surface area contributed by atoms with Crippen LogP contribution in [0.2, 0.25) is 0 Å². The fraction of sp³-hybridized carbons (Fsp3) is 0.0455. The number of hydrogen-bond donors (Lipinski definition) is 1. The van der Waals surface area contributed by atoms with Crippen LogP contribution in [-0.2, 0) is 4.74 Å². The Bertz CT molecular complexity index is 1040. The van der Waals surface area contributed by atoms with Crippen molar-refractivity contribution >= 4 is 23.3 Å². The maximum absolute atomic E-state index is 13.1. The Morgan fingerprint density at radius 2 is 1.50 bits per heavy atom. The molecule has 0 saturated heterocycles. The zero-order valence-electron chi connectivity index (χ0n) is 14.9. The van der Waals surface area contributed by atoms with Gasteiger partial charge in [0, 0.05) is 16.8 Å². The first-order valence-electron chi connectivity index (χ1n) is 8.38. The fourth-order valence-corrected chi connectivity index (χ4v) is 2.68. The number of hydrogen-bond acceptors (Lipinski definition) is 4. The summed E-state index contributed by atoms with van der Waals surface area (Å²) in [7, 11) is 1.27. The van der Waals surface area contributed by atoms with Crippen LogP contribution in [-0.4, -0.2) is 24.8 Å². The number of ether oxygens (including phenoxy) is 1. The molecule has 6 heteroatoms. The first-order valence-corrected chi connectivity index (χ1v) is 8.38. The highest BCUT2D eigenvalue weighted by Gasteiger charge is 2.18. The van der Waals surface area contributed by atoms with Crippen LogP contribution in [0.1, 0.15) is 36.6 Å². The van der Waals surface area contributed by atoms with Crippen LogP contribution < -0.4 is 5.32 Å². The number of amides is 1. The van der Waals surface area contributed by atoms with Crippen LogP contribution in [0, 0.1) is 5.82 Å². The third-order valence-corrected chi connectivity index (χ3v) is 4.06. The van der Waals surface area contributed by atoms with Crippen molar-refractivity contribution in [1.82, 2.24) is 0 Å². The molecule has 3 aromatic rings. The topological polar surface area (TPSA) is 72.5 Å². The van der Waals surface area contributed by atoms with Crippen molar-refractivity contribution in [3.63, 3.8) is 0 Å². The number of rotatable bonds is 5. The number of ketones is 1. The molecule has 0 aliphatic carbocycles. The quantitative estimate of drug-likeness (QED) is 0.537. The van der Waals surface area contributed by atoms with Crippen LogP contribution in [0.25, 0.3) is 0 Å². The van der Waals surface area contributed by atoms with Crippen molar-refractivity contribution in [2.45, 2.75) is 0 Å². The Labute approximate surface area is 160 Å². The van der Waals surface area contributed by atoms with Crippen LogP contribution >= 0.6 is 0 Å². The largest absolute Gasteiger partial charge is 0.465 e. The lowest BCUT2D eigenvalue weighted by molar-refractivity contribution is 0.0600. The summed E-state index contributed by atoms with van der Waals surface area (Å²) in [4.78, 5) is 37.1. The third kappa shape index (κ3) is 4.12. The van der Waals surface area contributed by atoms with Gasteiger partial charge in [0.15, 0.2) is 5.78 Å². The smallest absolute Gasteiger partial charge is 0.337 e. The molecule has 0 atom stereocenters. The first kappa shape index (κ1) is 19.0. The maximum atomic E-state index is 13.1. The standard InChI is InChI=1S/C22H16FNO4/c1-28-22(27)15-5-4-6-17(13-15)24-21(26)19-8-3-2-7-18(19)20(25)14-9-11-16(23)12-10-14/h2-13H,1H3,(H,24,26). The molecule has 0 radical (unpaired) electrons. The second-order valence-electron chi connectivity index (χ2n) is 5.91. The van der Waals surface area contributed by atoms with Gasteiger partial charge in [-0.2, -0.15) is 0 Å². The predicted octanol–water partition coefficient (Wildman–Crippen LogP) is 4.10. The maximum Gasteiger partial charge on any atom is 0.337 e. The normalized spacial score (nSPS) is 10.2. The van der Waals surface area contributed by atoms with Crippen LogP contribution in [0.3, 0.4) is 0 Å². The van der Waals surface area contributed by atoms with Crippen molar-refractivity contribution in [3.05, 3.63) is 101 Å². The average Bonchev–Trinajstić information content (AvgIpc) is 2.73. The molecule has 0 spiro atoms. The second-order valence-corrected chi connectivity index (χ2v) is 5.91.